The maximum atomic E-state index is 13.2. The van der Waals surface area contributed by atoms with Crippen LogP contribution in [0.5, 0.6) is 0 Å². The van der Waals surface area contributed by atoms with E-state index in [-0.39, 0.29) is 11.9 Å². The fourth-order valence-corrected chi connectivity index (χ4v) is 6.11. The number of benzene rings is 1. The molecule has 1 amide bonds. The molecule has 1 unspecified atom stereocenters. The Morgan fingerprint density at radius 1 is 1.07 bits per heavy atom. The van der Waals surface area contributed by atoms with E-state index < -0.39 is 10.0 Å². The summed E-state index contributed by atoms with van der Waals surface area (Å²) in [6.45, 7) is 10.5. The highest BCUT2D eigenvalue weighted by Crippen LogP contribution is 2.25. The monoisotopic (exact) mass is 435 g/mol. The molecule has 2 aliphatic heterocycles. The van der Waals surface area contributed by atoms with E-state index in [1.165, 1.54) is 19.3 Å². The number of hydrogen-bond acceptors (Lipinski definition) is 4. The van der Waals surface area contributed by atoms with Crippen LogP contribution in [0.15, 0.2) is 29.2 Å². The van der Waals surface area contributed by atoms with E-state index in [0.29, 0.717) is 30.4 Å². The molecule has 0 bridgehead atoms. The lowest BCUT2D eigenvalue weighted by molar-refractivity contribution is -0.132. The molecule has 7 heteroatoms. The Morgan fingerprint density at radius 3 is 2.33 bits per heavy atom. The van der Waals surface area contributed by atoms with Gasteiger partial charge in [0.25, 0.3) is 0 Å². The third-order valence-electron chi connectivity index (χ3n) is 6.49. The number of amides is 1. The van der Waals surface area contributed by atoms with Crippen LogP contribution in [0, 0.1) is 0 Å². The van der Waals surface area contributed by atoms with Gasteiger partial charge in [0.2, 0.25) is 15.9 Å². The van der Waals surface area contributed by atoms with Crippen molar-refractivity contribution in [2.75, 3.05) is 39.3 Å². The number of sulfonamides is 1. The van der Waals surface area contributed by atoms with Gasteiger partial charge >= 0.3 is 0 Å². The quantitative estimate of drug-likeness (QED) is 0.659. The van der Waals surface area contributed by atoms with Crippen molar-refractivity contribution in [3.63, 3.8) is 0 Å². The average Bonchev–Trinajstić information content (AvgIpc) is 2.74. The molecule has 168 valence electrons. The Kier molecular flexibility index (Phi) is 7.93. The predicted octanol–water partition coefficient (Wildman–Crippen LogP) is 3.30. The zero-order valence-electron chi connectivity index (χ0n) is 18.7. The smallest absolute Gasteiger partial charge is 0.243 e. The van der Waals surface area contributed by atoms with Gasteiger partial charge in [-0.25, -0.2) is 8.42 Å². The summed E-state index contributed by atoms with van der Waals surface area (Å²) in [4.78, 5) is 17.1. The van der Waals surface area contributed by atoms with Crippen LogP contribution in [-0.2, 0) is 14.8 Å². The predicted molar refractivity (Wildman–Crippen MR) is 120 cm³/mol. The molecule has 0 radical (unpaired) electrons. The fourth-order valence-electron chi connectivity index (χ4n) is 4.60. The Balaban J connectivity index is 1.67. The minimum Gasteiger partial charge on any atom is -0.337 e. The van der Waals surface area contributed by atoms with Gasteiger partial charge in [0.05, 0.1) is 4.90 Å². The van der Waals surface area contributed by atoms with Crippen LogP contribution in [0.3, 0.4) is 0 Å². The van der Waals surface area contributed by atoms with Crippen molar-refractivity contribution in [2.24, 2.45) is 0 Å². The van der Waals surface area contributed by atoms with E-state index in [2.05, 4.69) is 18.7 Å². The lowest BCUT2D eigenvalue weighted by Gasteiger charge is -2.39. The lowest BCUT2D eigenvalue weighted by atomic mass is 10.0. The van der Waals surface area contributed by atoms with Crippen molar-refractivity contribution in [3.8, 4) is 0 Å². The summed E-state index contributed by atoms with van der Waals surface area (Å²) in [6.07, 6.45) is 5.39. The maximum absolute atomic E-state index is 13.2. The second-order valence-corrected chi connectivity index (χ2v) is 10.9. The van der Waals surface area contributed by atoms with Crippen LogP contribution in [0.4, 0.5) is 0 Å². The average molecular weight is 436 g/mol. The molecular weight excluding hydrogens is 398 g/mol. The molecule has 2 heterocycles. The molecular formula is C23H37N3O3S. The van der Waals surface area contributed by atoms with Crippen molar-refractivity contribution >= 4 is 15.9 Å². The third kappa shape index (κ3) is 5.62. The van der Waals surface area contributed by atoms with Crippen LogP contribution >= 0.6 is 0 Å². The molecule has 6 nitrogen and oxygen atoms in total. The second kappa shape index (κ2) is 10.2. The molecule has 0 aliphatic carbocycles. The second-order valence-electron chi connectivity index (χ2n) is 9.00. The van der Waals surface area contributed by atoms with Gasteiger partial charge in [-0.2, -0.15) is 4.31 Å². The standard InChI is InChI=1S/C23H37N3O3S/c1-19(2)21-9-11-23(12-10-21)30(28,29)25-15-7-8-22(18-25)26(20(3)27)17-16-24-13-5-4-6-14-24/h9-12,19,22H,4-8,13-18H2,1-3H3. The zero-order chi connectivity index (χ0) is 21.7. The molecule has 2 aliphatic rings. The molecule has 3 rings (SSSR count). The van der Waals surface area contributed by atoms with Crippen LogP contribution in [0.2, 0.25) is 0 Å². The highest BCUT2D eigenvalue weighted by atomic mass is 32.2. The molecule has 1 atom stereocenters. The van der Waals surface area contributed by atoms with Crippen LogP contribution < -0.4 is 0 Å². The largest absolute Gasteiger partial charge is 0.337 e. The number of likely N-dealkylation sites (tertiary alicyclic amines) is 1. The molecule has 1 aromatic rings. The van der Waals surface area contributed by atoms with Gasteiger partial charge in [-0.1, -0.05) is 32.4 Å². The number of nitrogens with zero attached hydrogens (tertiary/aromatic N) is 3. The van der Waals surface area contributed by atoms with E-state index in [0.717, 1.165) is 38.0 Å². The van der Waals surface area contributed by atoms with E-state index in [4.69, 9.17) is 0 Å². The van der Waals surface area contributed by atoms with Crippen LogP contribution in [0.25, 0.3) is 0 Å². The first-order chi connectivity index (χ1) is 14.3. The van der Waals surface area contributed by atoms with Crippen molar-refractivity contribution in [1.82, 2.24) is 14.1 Å². The van der Waals surface area contributed by atoms with Gasteiger partial charge in [0, 0.05) is 39.1 Å². The highest BCUT2D eigenvalue weighted by Gasteiger charge is 2.33. The van der Waals surface area contributed by atoms with E-state index in [1.54, 1.807) is 23.4 Å². The normalized spacial score (nSPS) is 21.7. The summed E-state index contributed by atoms with van der Waals surface area (Å²) in [6, 6.07) is 7.19. The SMILES string of the molecule is CC(=O)N(CCN1CCCCC1)C1CCCN(S(=O)(=O)c2ccc(C(C)C)cc2)C1. The number of carbonyl (C=O) groups excluding carboxylic acids is 1. The topological polar surface area (TPSA) is 60.9 Å². The Bertz CT molecular complexity index is 801. The van der Waals surface area contributed by atoms with E-state index in [9.17, 15) is 13.2 Å². The van der Waals surface area contributed by atoms with Gasteiger partial charge < -0.3 is 9.80 Å². The number of piperidine rings is 2. The highest BCUT2D eigenvalue weighted by molar-refractivity contribution is 7.89. The summed E-state index contributed by atoms with van der Waals surface area (Å²) < 4.78 is 28.0. The fraction of sp³-hybridized carbons (Fsp3) is 0.696. The van der Waals surface area contributed by atoms with E-state index in [1.807, 2.05) is 17.0 Å². The Labute approximate surface area is 182 Å². The molecule has 30 heavy (non-hydrogen) atoms. The van der Waals surface area contributed by atoms with Crippen molar-refractivity contribution in [2.45, 2.75) is 69.7 Å². The summed E-state index contributed by atoms with van der Waals surface area (Å²) >= 11 is 0. The first-order valence-electron chi connectivity index (χ1n) is 11.4. The molecule has 2 fully saturated rings. The molecule has 0 saturated carbocycles. The molecule has 0 N–H and O–H groups in total. The molecule has 2 saturated heterocycles. The lowest BCUT2D eigenvalue weighted by Crippen LogP contribution is -2.53. The summed E-state index contributed by atoms with van der Waals surface area (Å²) in [5.41, 5.74) is 1.13. The minimum absolute atomic E-state index is 0.0394. The Hall–Kier alpha value is -1.44. The minimum atomic E-state index is -3.55. The molecule has 1 aromatic carbocycles. The molecule has 0 spiro atoms. The maximum Gasteiger partial charge on any atom is 0.243 e. The van der Waals surface area contributed by atoms with Crippen molar-refractivity contribution in [3.05, 3.63) is 29.8 Å². The van der Waals surface area contributed by atoms with Crippen LogP contribution in [0.1, 0.15) is 64.4 Å². The summed E-state index contributed by atoms with van der Waals surface area (Å²) in [7, 11) is -3.55. The number of carbonyl (C=O) groups is 1. The van der Waals surface area contributed by atoms with Crippen molar-refractivity contribution in [1.29, 1.82) is 0 Å². The Morgan fingerprint density at radius 2 is 1.73 bits per heavy atom. The molecule has 0 aromatic heterocycles. The van der Waals surface area contributed by atoms with Crippen LogP contribution in [-0.4, -0.2) is 73.7 Å². The summed E-state index contributed by atoms with van der Waals surface area (Å²) in [5.74, 6) is 0.405. The number of hydrogen-bond donors (Lipinski definition) is 0. The number of rotatable bonds is 7. The van der Waals surface area contributed by atoms with Gasteiger partial charge in [-0.15, -0.1) is 0 Å². The van der Waals surface area contributed by atoms with Gasteiger partial charge in [-0.3, -0.25) is 4.79 Å². The first-order valence-corrected chi connectivity index (χ1v) is 12.8. The third-order valence-corrected chi connectivity index (χ3v) is 8.37. The van der Waals surface area contributed by atoms with Gasteiger partial charge in [-0.05, 0) is 62.4 Å². The van der Waals surface area contributed by atoms with Gasteiger partial charge in [0.15, 0.2) is 0 Å². The zero-order valence-corrected chi connectivity index (χ0v) is 19.5. The van der Waals surface area contributed by atoms with Gasteiger partial charge in [0.1, 0.15) is 0 Å². The summed E-state index contributed by atoms with van der Waals surface area (Å²) in [5, 5.41) is 0. The van der Waals surface area contributed by atoms with E-state index >= 15 is 0 Å². The first kappa shape index (κ1) is 23.2. The van der Waals surface area contributed by atoms with Crippen molar-refractivity contribution < 1.29 is 13.2 Å².